The zero-order valence-electron chi connectivity index (χ0n) is 6.92. The summed E-state index contributed by atoms with van der Waals surface area (Å²) in [6, 6.07) is 0. The monoisotopic (exact) mass is 172 g/mol. The van der Waals surface area contributed by atoms with Crippen molar-refractivity contribution in [2.75, 3.05) is 13.2 Å². The second-order valence-corrected chi connectivity index (χ2v) is 1.28. The molecule has 0 amide bonds. The zero-order chi connectivity index (χ0) is 5.70. The van der Waals surface area contributed by atoms with Gasteiger partial charge in [0.1, 0.15) is 0 Å². The van der Waals surface area contributed by atoms with Crippen molar-refractivity contribution in [3.63, 3.8) is 0 Å². The Kier molecular flexibility index (Phi) is 41.1. The third kappa shape index (κ3) is 17.1. The van der Waals surface area contributed by atoms with Crippen LogP contribution in [0, 0.1) is 0 Å². The van der Waals surface area contributed by atoms with Crippen LogP contribution in [0.3, 0.4) is 0 Å². The molecule has 0 aromatic carbocycles. The predicted molar refractivity (Wildman–Crippen MR) is 18.1 cm³/mol. The van der Waals surface area contributed by atoms with Crippen LogP contribution < -0.4 is 104 Å². The largest absolute Gasteiger partial charge is 1.00 e. The minimum Gasteiger partial charge on any atom is -0.855 e. The van der Waals surface area contributed by atoms with Crippen molar-refractivity contribution in [1.82, 2.24) is 0 Å². The minimum absolute atomic E-state index is 0. The van der Waals surface area contributed by atoms with Gasteiger partial charge in [0.2, 0.25) is 0 Å². The summed E-state index contributed by atoms with van der Waals surface area (Å²) in [7, 11) is 0. The van der Waals surface area contributed by atoms with E-state index in [-0.39, 0.29) is 95.1 Å². The summed E-state index contributed by atoms with van der Waals surface area (Å²) in [5.74, 6) is 0. The first kappa shape index (κ1) is 23.1. The Morgan fingerprint density at radius 1 is 1.00 bits per heavy atom. The molecular weight excluding hydrogens is 165 g/mol. The van der Waals surface area contributed by atoms with Gasteiger partial charge in [-0.05, 0) is 0 Å². The van der Waals surface area contributed by atoms with Gasteiger partial charge >= 0.3 is 88.7 Å². The van der Waals surface area contributed by atoms with Crippen LogP contribution >= 0.6 is 0 Å². The molecule has 44 valence electrons. The van der Waals surface area contributed by atoms with E-state index in [1.165, 1.54) is 0 Å². The van der Waals surface area contributed by atoms with Gasteiger partial charge in [0, 0.05) is 0 Å². The van der Waals surface area contributed by atoms with E-state index >= 15 is 0 Å². The second-order valence-electron chi connectivity index (χ2n) is 1.28. The average Bonchev–Trinajstić information content (AvgIpc) is 1.68. The first-order valence-corrected chi connectivity index (χ1v) is 2.13. The van der Waals surface area contributed by atoms with Crippen LogP contribution in [0.15, 0.2) is 0 Å². The van der Waals surface area contributed by atoms with Crippen LogP contribution in [-0.4, -0.2) is 19.3 Å². The molecule has 1 unspecified atom stereocenters. The number of rotatable bonds is 3. The molecule has 0 spiro atoms. The summed E-state index contributed by atoms with van der Waals surface area (Å²) < 4.78 is 0. The van der Waals surface area contributed by atoms with Gasteiger partial charge in [-0.25, -0.2) is 0 Å². The molecule has 0 bridgehead atoms. The van der Waals surface area contributed by atoms with Crippen LogP contribution in [0.5, 0.6) is 0 Å². The van der Waals surface area contributed by atoms with E-state index in [1.54, 1.807) is 0 Å². The molecule has 0 rings (SSSR count). The van der Waals surface area contributed by atoms with Gasteiger partial charge in [-0.15, -0.1) is 12.7 Å². The maximum Gasteiger partial charge on any atom is 1.00 e. The van der Waals surface area contributed by atoms with Crippen molar-refractivity contribution in [3.8, 4) is 0 Å². The topological polar surface area (TPSA) is 69.2 Å². The Morgan fingerprint density at radius 2 is 1.40 bits per heavy atom. The van der Waals surface area contributed by atoms with E-state index in [0.29, 0.717) is 0 Å². The van der Waals surface area contributed by atoms with Crippen molar-refractivity contribution in [3.05, 3.63) is 0 Å². The molecule has 3 nitrogen and oxygen atoms in total. The number of hydrogen-bond acceptors (Lipinski definition) is 3. The fourth-order valence-corrected chi connectivity index (χ4v) is 0.215. The molecular formula is C4H7Na3O3. The third-order valence-electron chi connectivity index (χ3n) is 0.626. The first-order chi connectivity index (χ1) is 3.31. The van der Waals surface area contributed by atoms with Crippen LogP contribution in [0.2, 0.25) is 0 Å². The van der Waals surface area contributed by atoms with Gasteiger partial charge in [-0.1, -0.05) is 6.42 Å². The fourth-order valence-electron chi connectivity index (χ4n) is 0.215. The van der Waals surface area contributed by atoms with Gasteiger partial charge in [-0.2, -0.15) is 6.61 Å². The van der Waals surface area contributed by atoms with Gasteiger partial charge < -0.3 is 15.3 Å². The molecule has 0 saturated heterocycles. The van der Waals surface area contributed by atoms with Crippen molar-refractivity contribution < 1.29 is 104 Å². The van der Waals surface area contributed by atoms with Crippen LogP contribution in [-0.2, 0) is 0 Å². The Labute approximate surface area is 127 Å². The normalized spacial score (nSPS) is 9.90. The summed E-state index contributed by atoms with van der Waals surface area (Å²) in [4.78, 5) is 0. The molecule has 0 aliphatic carbocycles. The Balaban J connectivity index is -0.0000000600. The van der Waals surface area contributed by atoms with E-state index in [2.05, 4.69) is 0 Å². The summed E-state index contributed by atoms with van der Waals surface area (Å²) in [6.45, 7) is -1.08. The summed E-state index contributed by atoms with van der Waals surface area (Å²) in [5, 5.41) is 29.1. The molecule has 0 aromatic rings. The molecule has 0 saturated carbocycles. The maximum absolute atomic E-state index is 9.98. The average molecular weight is 172 g/mol. The van der Waals surface area contributed by atoms with Gasteiger partial charge in [0.25, 0.3) is 0 Å². The Bertz CT molecular complexity index is 46.7. The zero-order valence-corrected chi connectivity index (χ0v) is 12.9. The Morgan fingerprint density at radius 3 is 1.50 bits per heavy atom. The van der Waals surface area contributed by atoms with E-state index in [1.807, 2.05) is 0 Å². The molecule has 0 heterocycles. The molecule has 0 aromatic heterocycles. The molecule has 6 heteroatoms. The molecule has 0 aliphatic rings. The first-order valence-electron chi connectivity index (χ1n) is 2.13. The van der Waals surface area contributed by atoms with E-state index in [4.69, 9.17) is 0 Å². The SMILES string of the molecule is [Na+].[Na+].[Na+].[O-]CCC([O-])C[O-]. The minimum atomic E-state index is -1.17. The molecule has 10 heavy (non-hydrogen) atoms. The second kappa shape index (κ2) is 17.8. The summed E-state index contributed by atoms with van der Waals surface area (Å²) in [5.41, 5.74) is 0. The molecule has 0 radical (unpaired) electrons. The van der Waals surface area contributed by atoms with Crippen LogP contribution in [0.1, 0.15) is 6.42 Å². The molecule has 0 aliphatic heterocycles. The van der Waals surface area contributed by atoms with Gasteiger partial charge in [-0.3, -0.25) is 0 Å². The van der Waals surface area contributed by atoms with E-state index in [0.717, 1.165) is 0 Å². The third-order valence-corrected chi connectivity index (χ3v) is 0.626. The quantitative estimate of drug-likeness (QED) is 0.397. The van der Waals surface area contributed by atoms with Gasteiger partial charge in [0.15, 0.2) is 0 Å². The molecule has 0 N–H and O–H groups in total. The van der Waals surface area contributed by atoms with Crippen molar-refractivity contribution in [2.24, 2.45) is 0 Å². The van der Waals surface area contributed by atoms with Crippen LogP contribution in [0.25, 0.3) is 0 Å². The predicted octanol–water partition coefficient (Wildman–Crippen LogP) is -12.2. The molecule has 0 fully saturated rings. The smallest absolute Gasteiger partial charge is 0.855 e. The van der Waals surface area contributed by atoms with E-state index < -0.39 is 19.3 Å². The fraction of sp³-hybridized carbons (Fsp3) is 1.00. The molecule has 1 atom stereocenters. The van der Waals surface area contributed by atoms with Crippen molar-refractivity contribution in [2.45, 2.75) is 12.5 Å². The van der Waals surface area contributed by atoms with Crippen molar-refractivity contribution in [1.29, 1.82) is 0 Å². The van der Waals surface area contributed by atoms with Gasteiger partial charge in [0.05, 0.1) is 0 Å². The maximum atomic E-state index is 9.98. The van der Waals surface area contributed by atoms with Crippen molar-refractivity contribution >= 4 is 0 Å². The number of hydrogen-bond donors (Lipinski definition) is 0. The Hall–Kier alpha value is 2.88. The van der Waals surface area contributed by atoms with E-state index in [9.17, 15) is 15.3 Å². The standard InChI is InChI=1S/C4H7O3.3Na/c5-2-1-4(7)3-6;;;/h4H,1-3H2;;;/q-3;3*+1. The summed E-state index contributed by atoms with van der Waals surface area (Å²) in [6.07, 6.45) is -1.19. The summed E-state index contributed by atoms with van der Waals surface area (Å²) >= 11 is 0. The van der Waals surface area contributed by atoms with Crippen LogP contribution in [0.4, 0.5) is 0 Å².